The van der Waals surface area contributed by atoms with E-state index in [-0.39, 0.29) is 6.07 Å². The molecule has 0 saturated carbocycles. The van der Waals surface area contributed by atoms with E-state index in [4.69, 9.17) is 11.6 Å². The second kappa shape index (κ2) is 9.46. The molecule has 0 unspecified atom stereocenters. The molecule has 0 fully saturated rings. The van der Waals surface area contributed by atoms with Gasteiger partial charge in [0.2, 0.25) is 5.91 Å². The Morgan fingerprint density at radius 1 is 0.812 bits per heavy atom. The molecule has 32 heavy (non-hydrogen) atoms. The fraction of sp³-hybridized carbons (Fsp3) is 0.136. The zero-order valence-electron chi connectivity index (χ0n) is 16.0. The lowest BCUT2D eigenvalue weighted by Crippen LogP contribution is -2.20. The number of thioether (sulfide) groups is 1. The van der Waals surface area contributed by atoms with Gasteiger partial charge in [-0.05, 0) is 48.0 Å². The predicted molar refractivity (Wildman–Crippen MR) is 112 cm³/mol. The minimum absolute atomic E-state index is 0.00674. The molecule has 2 nitrogen and oxygen atoms in total. The molecule has 0 aromatic heterocycles. The van der Waals surface area contributed by atoms with Gasteiger partial charge in [-0.3, -0.25) is 4.79 Å². The Morgan fingerprint density at radius 3 is 1.84 bits per heavy atom. The van der Waals surface area contributed by atoms with Crippen LogP contribution in [0.3, 0.4) is 0 Å². The number of rotatable bonds is 5. The monoisotopic (exact) mass is 489 g/mol. The van der Waals surface area contributed by atoms with Gasteiger partial charge < -0.3 is 5.32 Å². The van der Waals surface area contributed by atoms with Crippen LogP contribution in [-0.4, -0.2) is 5.91 Å². The number of hydrogen-bond donors (Lipinski definition) is 1. The van der Waals surface area contributed by atoms with Crippen molar-refractivity contribution in [1.29, 1.82) is 0 Å². The van der Waals surface area contributed by atoms with Crippen LogP contribution in [0.2, 0.25) is 5.02 Å². The molecule has 0 saturated heterocycles. The van der Waals surface area contributed by atoms with Crippen molar-refractivity contribution in [3.8, 4) is 0 Å². The summed E-state index contributed by atoms with van der Waals surface area (Å²) in [6.07, 6.45) is -10.0. The largest absolute Gasteiger partial charge is 0.416 e. The highest BCUT2D eigenvalue weighted by Gasteiger charge is 2.37. The molecular formula is C22H14ClF6NOS. The second-order valence-corrected chi connectivity index (χ2v) is 8.26. The summed E-state index contributed by atoms with van der Waals surface area (Å²) < 4.78 is 78.7. The van der Waals surface area contributed by atoms with Gasteiger partial charge in [0.1, 0.15) is 5.25 Å². The molecule has 0 radical (unpaired) electrons. The number of amides is 1. The van der Waals surface area contributed by atoms with Crippen molar-refractivity contribution in [2.45, 2.75) is 22.5 Å². The molecule has 3 aromatic carbocycles. The summed E-state index contributed by atoms with van der Waals surface area (Å²) in [5, 5.41) is 1.74. The van der Waals surface area contributed by atoms with E-state index in [0.29, 0.717) is 27.6 Å². The fourth-order valence-corrected chi connectivity index (χ4v) is 3.94. The first-order chi connectivity index (χ1) is 14.9. The van der Waals surface area contributed by atoms with Crippen LogP contribution < -0.4 is 5.32 Å². The molecule has 1 amide bonds. The smallest absolute Gasteiger partial charge is 0.325 e. The van der Waals surface area contributed by atoms with Gasteiger partial charge in [0.05, 0.1) is 11.1 Å². The molecule has 0 aliphatic rings. The van der Waals surface area contributed by atoms with Crippen molar-refractivity contribution in [2.75, 3.05) is 5.32 Å². The highest BCUT2D eigenvalue weighted by molar-refractivity contribution is 8.00. The summed E-state index contributed by atoms with van der Waals surface area (Å²) in [5.74, 6) is -0.774. The van der Waals surface area contributed by atoms with Crippen LogP contribution in [0.1, 0.15) is 21.9 Å². The SMILES string of the molecule is O=C(Nc1cc(C(F)(F)F)cc(C(F)(F)F)c1)[C@H](Sc1ccc(Cl)cc1)c1ccccc1. The first-order valence-corrected chi connectivity index (χ1v) is 10.3. The van der Waals surface area contributed by atoms with Crippen molar-refractivity contribution < 1.29 is 31.1 Å². The molecule has 1 N–H and O–H groups in total. The molecule has 3 rings (SSSR count). The topological polar surface area (TPSA) is 29.1 Å². The van der Waals surface area contributed by atoms with E-state index in [9.17, 15) is 31.1 Å². The predicted octanol–water partition coefficient (Wildman–Crippen LogP) is 7.85. The van der Waals surface area contributed by atoms with Gasteiger partial charge in [0.25, 0.3) is 0 Å². The minimum Gasteiger partial charge on any atom is -0.325 e. The molecule has 0 spiro atoms. The maximum absolute atomic E-state index is 13.1. The van der Waals surface area contributed by atoms with E-state index < -0.39 is 40.3 Å². The Hall–Kier alpha value is -2.65. The normalized spacial score (nSPS) is 13.0. The van der Waals surface area contributed by atoms with Crippen LogP contribution in [0.4, 0.5) is 32.0 Å². The molecule has 10 heteroatoms. The molecule has 168 valence electrons. The molecular weight excluding hydrogens is 476 g/mol. The van der Waals surface area contributed by atoms with Crippen molar-refractivity contribution in [3.63, 3.8) is 0 Å². The van der Waals surface area contributed by atoms with Crippen molar-refractivity contribution in [1.82, 2.24) is 0 Å². The average molecular weight is 490 g/mol. The fourth-order valence-electron chi connectivity index (χ4n) is 2.78. The number of halogens is 7. The number of carbonyl (C=O) groups is 1. The first-order valence-electron chi connectivity index (χ1n) is 9.01. The maximum Gasteiger partial charge on any atom is 0.416 e. The van der Waals surface area contributed by atoms with Crippen LogP contribution in [-0.2, 0) is 17.1 Å². The number of hydrogen-bond acceptors (Lipinski definition) is 2. The zero-order chi connectivity index (χ0) is 23.5. The Morgan fingerprint density at radius 2 is 1.34 bits per heavy atom. The van der Waals surface area contributed by atoms with Gasteiger partial charge >= 0.3 is 12.4 Å². The van der Waals surface area contributed by atoms with Gasteiger partial charge in [0, 0.05) is 15.6 Å². The Bertz CT molecular complexity index is 1050. The molecule has 0 heterocycles. The molecule has 0 bridgehead atoms. The summed E-state index contributed by atoms with van der Waals surface area (Å²) in [6.45, 7) is 0. The Balaban J connectivity index is 1.96. The number of alkyl halides is 6. The summed E-state index contributed by atoms with van der Waals surface area (Å²) >= 11 is 6.95. The van der Waals surface area contributed by atoms with E-state index >= 15 is 0 Å². The summed E-state index contributed by atoms with van der Waals surface area (Å²) in [6, 6.07) is 15.8. The molecule has 1 atom stereocenters. The Labute approximate surface area is 188 Å². The summed E-state index contributed by atoms with van der Waals surface area (Å²) in [7, 11) is 0. The van der Waals surface area contributed by atoms with Crippen LogP contribution >= 0.6 is 23.4 Å². The van der Waals surface area contributed by atoms with E-state index in [1.54, 1.807) is 54.6 Å². The van der Waals surface area contributed by atoms with Crippen LogP contribution in [0.5, 0.6) is 0 Å². The maximum atomic E-state index is 13.1. The standard InChI is InChI=1S/C22H14ClF6NOS/c23-16-6-8-18(9-7-16)32-19(13-4-2-1-3-5-13)20(31)30-17-11-14(21(24,25)26)10-15(12-17)22(27,28)29/h1-12,19H,(H,30,31)/t19-/m1/s1. The summed E-state index contributed by atoms with van der Waals surface area (Å²) in [4.78, 5) is 13.6. The summed E-state index contributed by atoms with van der Waals surface area (Å²) in [5.41, 5.74) is -3.10. The highest BCUT2D eigenvalue weighted by atomic mass is 35.5. The van der Waals surface area contributed by atoms with E-state index in [0.717, 1.165) is 11.8 Å². The minimum atomic E-state index is -5.02. The van der Waals surface area contributed by atoms with Gasteiger partial charge in [-0.1, -0.05) is 41.9 Å². The van der Waals surface area contributed by atoms with Crippen molar-refractivity contribution >= 4 is 35.0 Å². The van der Waals surface area contributed by atoms with E-state index in [1.165, 1.54) is 0 Å². The number of anilines is 1. The van der Waals surface area contributed by atoms with Gasteiger partial charge in [-0.15, -0.1) is 11.8 Å². The van der Waals surface area contributed by atoms with Crippen molar-refractivity contribution in [3.05, 3.63) is 94.5 Å². The van der Waals surface area contributed by atoms with Gasteiger partial charge in [0.15, 0.2) is 0 Å². The lowest BCUT2D eigenvalue weighted by atomic mass is 10.1. The quantitative estimate of drug-likeness (QED) is 0.292. The highest BCUT2D eigenvalue weighted by Crippen LogP contribution is 2.39. The molecule has 3 aromatic rings. The number of nitrogens with one attached hydrogen (secondary N) is 1. The third-order valence-corrected chi connectivity index (χ3v) is 5.78. The van der Waals surface area contributed by atoms with Crippen LogP contribution in [0.15, 0.2) is 77.7 Å². The van der Waals surface area contributed by atoms with E-state index in [1.807, 2.05) is 0 Å². The number of carbonyl (C=O) groups excluding carboxylic acids is 1. The first kappa shape index (κ1) is 24.0. The third kappa shape index (κ3) is 6.20. The van der Waals surface area contributed by atoms with Crippen molar-refractivity contribution in [2.24, 2.45) is 0 Å². The van der Waals surface area contributed by atoms with Crippen LogP contribution in [0, 0.1) is 0 Å². The Kier molecular flexibility index (Phi) is 7.09. The molecule has 0 aliphatic carbocycles. The molecule has 0 aliphatic heterocycles. The number of benzene rings is 3. The lowest BCUT2D eigenvalue weighted by molar-refractivity contribution is -0.143. The second-order valence-electron chi connectivity index (χ2n) is 6.65. The van der Waals surface area contributed by atoms with E-state index in [2.05, 4.69) is 5.32 Å². The van der Waals surface area contributed by atoms with Gasteiger partial charge in [-0.2, -0.15) is 26.3 Å². The zero-order valence-corrected chi connectivity index (χ0v) is 17.5. The lowest BCUT2D eigenvalue weighted by Gasteiger charge is -2.19. The average Bonchev–Trinajstić information content (AvgIpc) is 2.72. The third-order valence-electron chi connectivity index (χ3n) is 4.26. The van der Waals surface area contributed by atoms with Crippen LogP contribution in [0.25, 0.3) is 0 Å². The van der Waals surface area contributed by atoms with Gasteiger partial charge in [-0.25, -0.2) is 0 Å².